The highest BCUT2D eigenvalue weighted by molar-refractivity contribution is 6.38. The Morgan fingerprint density at radius 2 is 2.00 bits per heavy atom. The van der Waals surface area contributed by atoms with Crippen LogP contribution in [0.4, 0.5) is 5.69 Å². The van der Waals surface area contributed by atoms with Crippen molar-refractivity contribution in [1.29, 1.82) is 0 Å². The Labute approximate surface area is 107 Å². The molecule has 0 saturated heterocycles. The Balaban J connectivity index is 2.45. The molecular weight excluding hydrogens is 258 g/mol. The number of rotatable bonds is 2. The van der Waals surface area contributed by atoms with Crippen molar-refractivity contribution in [2.75, 3.05) is 4.90 Å². The first-order valence-corrected chi connectivity index (χ1v) is 5.37. The van der Waals surface area contributed by atoms with Crippen LogP contribution >= 0.6 is 11.6 Å². The fourth-order valence-electron chi connectivity index (χ4n) is 1.63. The Kier molecular flexibility index (Phi) is 2.92. The number of carboxylic acids is 1. The summed E-state index contributed by atoms with van der Waals surface area (Å²) in [6, 6.07) is 3.67. The highest BCUT2D eigenvalue weighted by Crippen LogP contribution is 2.30. The number of carbonyl (C=O) groups excluding carboxylic acids is 3. The lowest BCUT2D eigenvalue weighted by Crippen LogP contribution is -2.31. The van der Waals surface area contributed by atoms with Gasteiger partial charge in [0.1, 0.15) is 0 Å². The zero-order chi connectivity index (χ0) is 13.4. The highest BCUT2D eigenvalue weighted by atomic mass is 35.5. The van der Waals surface area contributed by atoms with E-state index in [2.05, 4.69) is 0 Å². The van der Waals surface area contributed by atoms with Gasteiger partial charge in [-0.3, -0.25) is 9.59 Å². The van der Waals surface area contributed by atoms with Crippen LogP contribution < -0.4 is 10.0 Å². The van der Waals surface area contributed by atoms with E-state index in [-0.39, 0.29) is 16.3 Å². The highest BCUT2D eigenvalue weighted by Gasteiger charge is 2.31. The first-order chi connectivity index (χ1) is 8.41. The minimum Gasteiger partial charge on any atom is -0.545 e. The molecule has 0 N–H and O–H groups in total. The molecule has 1 aromatic carbocycles. The van der Waals surface area contributed by atoms with Crippen LogP contribution in [0.5, 0.6) is 0 Å². The SMILES string of the molecule is CC1=CC(=O)N(c2ccc(C(=O)[O-])cc2Cl)C1=O. The molecule has 0 aromatic heterocycles. The second-order valence-electron chi connectivity index (χ2n) is 3.76. The molecule has 0 radical (unpaired) electrons. The minimum atomic E-state index is -1.38. The summed E-state index contributed by atoms with van der Waals surface area (Å²) in [4.78, 5) is 34.9. The van der Waals surface area contributed by atoms with Crippen molar-refractivity contribution >= 4 is 35.1 Å². The standard InChI is InChI=1S/C12H8ClNO4/c1-6-4-10(15)14(11(6)16)9-3-2-7(12(17)18)5-8(9)13/h2-5H,1H3,(H,17,18)/p-1. The van der Waals surface area contributed by atoms with Gasteiger partial charge in [0.2, 0.25) is 0 Å². The lowest BCUT2D eigenvalue weighted by molar-refractivity contribution is -0.255. The number of anilines is 1. The number of carbonyl (C=O) groups is 3. The monoisotopic (exact) mass is 264 g/mol. The molecule has 1 heterocycles. The normalized spacial score (nSPS) is 15.0. The fraction of sp³-hybridized carbons (Fsp3) is 0.0833. The maximum absolute atomic E-state index is 11.7. The molecule has 1 aliphatic rings. The molecule has 0 fully saturated rings. The molecule has 0 aliphatic carbocycles. The van der Waals surface area contributed by atoms with E-state index in [0.29, 0.717) is 5.57 Å². The second-order valence-corrected chi connectivity index (χ2v) is 4.17. The Morgan fingerprint density at radius 3 is 2.44 bits per heavy atom. The van der Waals surface area contributed by atoms with Gasteiger partial charge in [-0.05, 0) is 24.6 Å². The van der Waals surface area contributed by atoms with Crippen LogP contribution in [-0.4, -0.2) is 17.8 Å². The molecule has 18 heavy (non-hydrogen) atoms. The summed E-state index contributed by atoms with van der Waals surface area (Å²) in [5, 5.41) is 10.6. The number of hydrogen-bond acceptors (Lipinski definition) is 4. The number of carboxylic acid groups (broad SMARTS) is 1. The molecule has 0 atom stereocenters. The Hall–Kier alpha value is -2.14. The van der Waals surface area contributed by atoms with E-state index in [0.717, 1.165) is 11.0 Å². The minimum absolute atomic E-state index is 0.00139. The van der Waals surface area contributed by atoms with Crippen LogP contribution in [0.3, 0.4) is 0 Å². The Morgan fingerprint density at radius 1 is 1.33 bits per heavy atom. The number of nitrogens with zero attached hydrogens (tertiary/aromatic N) is 1. The summed E-state index contributed by atoms with van der Waals surface area (Å²) in [5.41, 5.74) is 0.345. The van der Waals surface area contributed by atoms with Gasteiger partial charge in [0, 0.05) is 11.6 Å². The second kappa shape index (κ2) is 4.27. The van der Waals surface area contributed by atoms with E-state index in [1.54, 1.807) is 0 Å². The molecular formula is C12H7ClNO4-. The van der Waals surface area contributed by atoms with Crippen LogP contribution in [0.1, 0.15) is 17.3 Å². The number of imide groups is 1. The van der Waals surface area contributed by atoms with Crippen LogP contribution in [0, 0.1) is 0 Å². The summed E-state index contributed by atoms with van der Waals surface area (Å²) >= 11 is 5.87. The number of benzene rings is 1. The first-order valence-electron chi connectivity index (χ1n) is 4.99. The van der Waals surface area contributed by atoms with Gasteiger partial charge in [0.25, 0.3) is 11.8 Å². The summed E-state index contributed by atoms with van der Waals surface area (Å²) in [6.07, 6.45) is 1.20. The molecule has 0 spiro atoms. The molecule has 5 nitrogen and oxygen atoms in total. The average molecular weight is 265 g/mol. The van der Waals surface area contributed by atoms with E-state index in [4.69, 9.17) is 11.6 Å². The smallest absolute Gasteiger partial charge is 0.261 e. The molecule has 2 rings (SSSR count). The number of halogens is 1. The summed E-state index contributed by atoms with van der Waals surface area (Å²) in [6.45, 7) is 1.52. The fourth-order valence-corrected chi connectivity index (χ4v) is 1.90. The predicted molar refractivity (Wildman–Crippen MR) is 62.0 cm³/mol. The van der Waals surface area contributed by atoms with Gasteiger partial charge in [-0.25, -0.2) is 4.90 Å². The molecule has 92 valence electrons. The molecule has 1 aliphatic heterocycles. The van der Waals surface area contributed by atoms with Crippen molar-refractivity contribution in [3.63, 3.8) is 0 Å². The number of aromatic carboxylic acids is 1. The van der Waals surface area contributed by atoms with Gasteiger partial charge < -0.3 is 9.90 Å². The van der Waals surface area contributed by atoms with Crippen molar-refractivity contribution in [3.8, 4) is 0 Å². The van der Waals surface area contributed by atoms with E-state index < -0.39 is 17.8 Å². The van der Waals surface area contributed by atoms with E-state index >= 15 is 0 Å². The van der Waals surface area contributed by atoms with E-state index in [1.165, 1.54) is 25.1 Å². The van der Waals surface area contributed by atoms with Crippen molar-refractivity contribution in [2.24, 2.45) is 0 Å². The third kappa shape index (κ3) is 1.89. The van der Waals surface area contributed by atoms with Crippen molar-refractivity contribution in [3.05, 3.63) is 40.4 Å². The predicted octanol–water partition coefficient (Wildman–Crippen LogP) is 0.523. The third-order valence-corrected chi connectivity index (χ3v) is 2.83. The largest absolute Gasteiger partial charge is 0.545 e. The molecule has 6 heteroatoms. The van der Waals surface area contributed by atoms with Crippen molar-refractivity contribution in [2.45, 2.75) is 6.92 Å². The average Bonchev–Trinajstić information content (AvgIpc) is 2.54. The molecule has 0 unspecified atom stereocenters. The first kappa shape index (κ1) is 12.3. The third-order valence-electron chi connectivity index (χ3n) is 2.53. The van der Waals surface area contributed by atoms with Gasteiger partial charge in [-0.1, -0.05) is 17.7 Å². The van der Waals surface area contributed by atoms with Crippen LogP contribution in [0.15, 0.2) is 29.8 Å². The molecule has 0 saturated carbocycles. The van der Waals surface area contributed by atoms with Gasteiger partial charge in [0.15, 0.2) is 0 Å². The summed E-state index contributed by atoms with van der Waals surface area (Å²) < 4.78 is 0. The summed E-state index contributed by atoms with van der Waals surface area (Å²) in [5.74, 6) is -2.35. The molecule has 1 aromatic rings. The van der Waals surface area contributed by atoms with Gasteiger partial charge >= 0.3 is 0 Å². The number of hydrogen-bond donors (Lipinski definition) is 0. The molecule has 0 bridgehead atoms. The van der Waals surface area contributed by atoms with Gasteiger partial charge in [-0.15, -0.1) is 0 Å². The Bertz CT molecular complexity index is 606. The molecule has 2 amide bonds. The topological polar surface area (TPSA) is 77.5 Å². The zero-order valence-corrected chi connectivity index (χ0v) is 10.0. The van der Waals surface area contributed by atoms with Crippen molar-refractivity contribution in [1.82, 2.24) is 0 Å². The van der Waals surface area contributed by atoms with Crippen molar-refractivity contribution < 1.29 is 19.5 Å². The van der Waals surface area contributed by atoms with Gasteiger partial charge in [0.05, 0.1) is 16.7 Å². The maximum Gasteiger partial charge on any atom is 0.261 e. The lowest BCUT2D eigenvalue weighted by Gasteiger charge is -2.17. The van der Waals surface area contributed by atoms with Gasteiger partial charge in [-0.2, -0.15) is 0 Å². The van der Waals surface area contributed by atoms with Crippen LogP contribution in [0.2, 0.25) is 5.02 Å². The summed E-state index contributed by atoms with van der Waals surface area (Å²) in [7, 11) is 0. The maximum atomic E-state index is 11.7. The number of amides is 2. The van der Waals surface area contributed by atoms with E-state index in [9.17, 15) is 19.5 Å². The van der Waals surface area contributed by atoms with Crippen LogP contribution in [0.25, 0.3) is 0 Å². The van der Waals surface area contributed by atoms with Crippen LogP contribution in [-0.2, 0) is 9.59 Å². The zero-order valence-electron chi connectivity index (χ0n) is 9.27. The quantitative estimate of drug-likeness (QED) is 0.730. The lowest BCUT2D eigenvalue weighted by atomic mass is 10.2. The van der Waals surface area contributed by atoms with E-state index in [1.807, 2.05) is 0 Å².